The summed E-state index contributed by atoms with van der Waals surface area (Å²) >= 11 is 0. The molecule has 16 heavy (non-hydrogen) atoms. The Balaban J connectivity index is 2.52. The monoisotopic (exact) mass is 237 g/mol. The molecular formula is C13H23NOSi. The number of nitrogens with one attached hydrogen (secondary N) is 1. The molecule has 0 saturated carbocycles. The summed E-state index contributed by atoms with van der Waals surface area (Å²) in [6.07, 6.45) is -0.277. The van der Waals surface area contributed by atoms with E-state index in [0.29, 0.717) is 6.54 Å². The molecule has 0 spiro atoms. The molecule has 0 fully saturated rings. The Morgan fingerprint density at radius 1 is 1.19 bits per heavy atom. The molecule has 0 bridgehead atoms. The van der Waals surface area contributed by atoms with Crippen molar-refractivity contribution in [1.29, 1.82) is 0 Å². The first-order valence-corrected chi connectivity index (χ1v) is 9.38. The van der Waals surface area contributed by atoms with Crippen LogP contribution in [0.25, 0.3) is 0 Å². The first-order chi connectivity index (χ1) is 7.39. The highest BCUT2D eigenvalue weighted by atomic mass is 28.3. The summed E-state index contributed by atoms with van der Waals surface area (Å²) < 4.78 is 0. The topological polar surface area (TPSA) is 32.3 Å². The van der Waals surface area contributed by atoms with Gasteiger partial charge in [0, 0.05) is 13.1 Å². The number of aliphatic hydroxyl groups is 1. The highest BCUT2D eigenvalue weighted by Gasteiger charge is 2.15. The predicted octanol–water partition coefficient (Wildman–Crippen LogP) is 1.70. The van der Waals surface area contributed by atoms with Crippen molar-refractivity contribution in [3.63, 3.8) is 0 Å². The molecule has 0 saturated heterocycles. The van der Waals surface area contributed by atoms with Gasteiger partial charge in [-0.1, -0.05) is 49.1 Å². The lowest BCUT2D eigenvalue weighted by Gasteiger charge is -2.17. The zero-order chi connectivity index (χ0) is 12.2. The van der Waals surface area contributed by atoms with Crippen LogP contribution in [-0.4, -0.2) is 25.8 Å². The van der Waals surface area contributed by atoms with E-state index in [4.69, 9.17) is 5.11 Å². The molecule has 0 aliphatic rings. The minimum atomic E-state index is -1.17. The van der Waals surface area contributed by atoms with Crippen molar-refractivity contribution in [1.82, 2.24) is 5.32 Å². The second-order valence-corrected chi connectivity index (χ2v) is 10.5. The predicted molar refractivity (Wildman–Crippen MR) is 72.8 cm³/mol. The van der Waals surface area contributed by atoms with E-state index < -0.39 is 8.07 Å². The molecule has 3 heteroatoms. The van der Waals surface area contributed by atoms with E-state index >= 15 is 0 Å². The van der Waals surface area contributed by atoms with Gasteiger partial charge in [0.05, 0.1) is 14.2 Å². The van der Waals surface area contributed by atoms with Crippen LogP contribution >= 0.6 is 0 Å². The average Bonchev–Trinajstić information content (AvgIpc) is 2.16. The normalized spacial score (nSPS) is 13.8. The Morgan fingerprint density at radius 2 is 1.75 bits per heavy atom. The number of hydrogen-bond acceptors (Lipinski definition) is 2. The van der Waals surface area contributed by atoms with Gasteiger partial charge in [0.15, 0.2) is 0 Å². The third kappa shape index (κ3) is 4.47. The van der Waals surface area contributed by atoms with Gasteiger partial charge in [-0.25, -0.2) is 0 Å². The van der Waals surface area contributed by atoms with E-state index in [1.54, 1.807) is 6.92 Å². The molecule has 1 aromatic carbocycles. The lowest BCUT2D eigenvalue weighted by molar-refractivity contribution is 0.191. The van der Waals surface area contributed by atoms with E-state index in [1.165, 1.54) is 10.8 Å². The standard InChI is InChI=1S/C13H23NOSi/c1-11(15)9-14-10-12-5-7-13(8-6-12)16(2,3)4/h5-8,11,14-15H,9-10H2,1-4H3. The Morgan fingerprint density at radius 3 is 2.19 bits per heavy atom. The molecule has 2 N–H and O–H groups in total. The van der Waals surface area contributed by atoms with Gasteiger partial charge in [0.2, 0.25) is 0 Å². The maximum absolute atomic E-state index is 9.12. The van der Waals surface area contributed by atoms with Gasteiger partial charge >= 0.3 is 0 Å². The minimum absolute atomic E-state index is 0.277. The first-order valence-electron chi connectivity index (χ1n) is 5.88. The molecule has 1 rings (SSSR count). The van der Waals surface area contributed by atoms with Gasteiger partial charge in [-0.15, -0.1) is 0 Å². The van der Waals surface area contributed by atoms with Gasteiger partial charge in [0.1, 0.15) is 0 Å². The van der Waals surface area contributed by atoms with Gasteiger partial charge in [-0.2, -0.15) is 0 Å². The second-order valence-electron chi connectivity index (χ2n) is 5.43. The van der Waals surface area contributed by atoms with E-state index in [-0.39, 0.29) is 6.10 Å². The third-order valence-electron chi connectivity index (χ3n) is 2.59. The van der Waals surface area contributed by atoms with Gasteiger partial charge < -0.3 is 10.4 Å². The van der Waals surface area contributed by atoms with Crippen molar-refractivity contribution in [3.8, 4) is 0 Å². The van der Waals surface area contributed by atoms with Gasteiger partial charge in [-0.05, 0) is 12.5 Å². The van der Waals surface area contributed by atoms with Crippen LogP contribution in [0, 0.1) is 0 Å². The number of hydrogen-bond donors (Lipinski definition) is 2. The van der Waals surface area contributed by atoms with Crippen LogP contribution in [0.1, 0.15) is 12.5 Å². The lowest BCUT2D eigenvalue weighted by Crippen LogP contribution is -2.37. The van der Waals surface area contributed by atoms with E-state index in [0.717, 1.165) is 6.54 Å². The molecule has 0 amide bonds. The fourth-order valence-corrected chi connectivity index (χ4v) is 2.71. The molecule has 0 radical (unpaired) electrons. The Bertz CT molecular complexity index is 314. The Labute approximate surface area is 99.7 Å². The molecular weight excluding hydrogens is 214 g/mol. The largest absolute Gasteiger partial charge is 0.392 e. The summed E-state index contributed by atoms with van der Waals surface area (Å²) in [6.45, 7) is 10.3. The van der Waals surface area contributed by atoms with Crippen LogP contribution < -0.4 is 10.5 Å². The van der Waals surface area contributed by atoms with Crippen molar-refractivity contribution in [2.24, 2.45) is 0 Å². The van der Waals surface area contributed by atoms with Crippen LogP contribution in [-0.2, 0) is 6.54 Å². The van der Waals surface area contributed by atoms with E-state index in [2.05, 4.69) is 49.2 Å². The molecule has 1 unspecified atom stereocenters. The SMILES string of the molecule is CC(O)CNCc1ccc([Si](C)(C)C)cc1. The van der Waals surface area contributed by atoms with Crippen molar-refractivity contribution in [2.75, 3.05) is 6.54 Å². The molecule has 0 heterocycles. The molecule has 90 valence electrons. The smallest absolute Gasteiger partial charge is 0.0775 e. The maximum Gasteiger partial charge on any atom is 0.0775 e. The molecule has 0 aliphatic carbocycles. The van der Waals surface area contributed by atoms with Crippen LogP contribution in [0.4, 0.5) is 0 Å². The quantitative estimate of drug-likeness (QED) is 0.764. The number of aliphatic hydroxyl groups excluding tert-OH is 1. The third-order valence-corrected chi connectivity index (χ3v) is 4.65. The number of rotatable bonds is 5. The zero-order valence-corrected chi connectivity index (χ0v) is 11.7. The van der Waals surface area contributed by atoms with Crippen LogP contribution in [0.2, 0.25) is 19.6 Å². The van der Waals surface area contributed by atoms with Crippen LogP contribution in [0.15, 0.2) is 24.3 Å². The van der Waals surface area contributed by atoms with Crippen molar-refractivity contribution >= 4 is 13.3 Å². The van der Waals surface area contributed by atoms with Gasteiger partial charge in [0.25, 0.3) is 0 Å². The van der Waals surface area contributed by atoms with Gasteiger partial charge in [-0.3, -0.25) is 0 Å². The Hall–Kier alpha value is -0.643. The fraction of sp³-hybridized carbons (Fsp3) is 0.538. The van der Waals surface area contributed by atoms with Crippen LogP contribution in [0.3, 0.4) is 0 Å². The number of benzene rings is 1. The molecule has 0 aliphatic heterocycles. The highest BCUT2D eigenvalue weighted by molar-refractivity contribution is 6.88. The summed E-state index contributed by atoms with van der Waals surface area (Å²) in [6, 6.07) is 8.85. The van der Waals surface area contributed by atoms with Crippen molar-refractivity contribution in [3.05, 3.63) is 29.8 Å². The fourth-order valence-electron chi connectivity index (χ4n) is 1.55. The average molecular weight is 237 g/mol. The molecule has 0 aromatic heterocycles. The van der Waals surface area contributed by atoms with Crippen LogP contribution in [0.5, 0.6) is 0 Å². The Kier molecular flexibility index (Phi) is 4.71. The summed E-state index contributed by atoms with van der Waals surface area (Å²) in [5.41, 5.74) is 1.28. The lowest BCUT2D eigenvalue weighted by atomic mass is 10.2. The molecule has 1 aromatic rings. The van der Waals surface area contributed by atoms with Crippen molar-refractivity contribution < 1.29 is 5.11 Å². The maximum atomic E-state index is 9.12. The van der Waals surface area contributed by atoms with E-state index in [1.807, 2.05) is 0 Å². The summed E-state index contributed by atoms with van der Waals surface area (Å²) in [7, 11) is -1.17. The highest BCUT2D eigenvalue weighted by Crippen LogP contribution is 2.04. The summed E-state index contributed by atoms with van der Waals surface area (Å²) in [4.78, 5) is 0. The minimum Gasteiger partial charge on any atom is -0.392 e. The summed E-state index contributed by atoms with van der Waals surface area (Å²) in [5, 5.41) is 13.8. The zero-order valence-electron chi connectivity index (χ0n) is 10.7. The van der Waals surface area contributed by atoms with E-state index in [9.17, 15) is 0 Å². The molecule has 1 atom stereocenters. The summed E-state index contributed by atoms with van der Waals surface area (Å²) in [5.74, 6) is 0. The molecule has 2 nitrogen and oxygen atoms in total. The van der Waals surface area contributed by atoms with Crippen molar-refractivity contribution in [2.45, 2.75) is 39.2 Å². The first kappa shape index (κ1) is 13.4. The second kappa shape index (κ2) is 5.62.